The van der Waals surface area contributed by atoms with Crippen LogP contribution in [0.2, 0.25) is 0 Å². The molecule has 126 valence electrons. The molecular weight excluding hydrogens is 340 g/mol. The van der Waals surface area contributed by atoms with Gasteiger partial charge in [0.25, 0.3) is 5.91 Å². The number of nitrogens with one attached hydrogen (secondary N) is 1. The number of nitrogens with zero attached hydrogens (tertiary/aromatic N) is 1. The van der Waals surface area contributed by atoms with Crippen LogP contribution in [-0.4, -0.2) is 29.3 Å². The first-order valence-corrected chi connectivity index (χ1v) is 8.14. The van der Waals surface area contributed by atoms with Crippen molar-refractivity contribution < 1.29 is 19.4 Å². The maximum atomic E-state index is 12.1. The number of amides is 1. The molecule has 1 aliphatic heterocycles. The third kappa shape index (κ3) is 4.07. The van der Waals surface area contributed by atoms with Crippen molar-refractivity contribution >= 4 is 40.6 Å². The first-order chi connectivity index (χ1) is 12.0. The summed E-state index contributed by atoms with van der Waals surface area (Å²) in [6.45, 7) is 0. The molecule has 0 saturated carbocycles. The number of aromatic carboxylic acids is 1. The fourth-order valence-electron chi connectivity index (χ4n) is 2.16. The lowest BCUT2D eigenvalue weighted by Crippen LogP contribution is -2.19. The molecule has 1 saturated heterocycles. The molecule has 25 heavy (non-hydrogen) atoms. The topological polar surface area (TPSA) is 88.0 Å². The highest BCUT2D eigenvalue weighted by atomic mass is 32.2. The van der Waals surface area contributed by atoms with Gasteiger partial charge in [-0.25, -0.2) is 9.79 Å². The molecule has 0 spiro atoms. The second-order valence-electron chi connectivity index (χ2n) is 5.11. The van der Waals surface area contributed by atoms with Crippen molar-refractivity contribution in [1.82, 2.24) is 5.32 Å². The summed E-state index contributed by atoms with van der Waals surface area (Å²) in [6, 6.07) is 13.5. The number of methoxy groups -OCH3 is 1. The lowest BCUT2D eigenvalue weighted by Gasteiger charge is -2.00. The van der Waals surface area contributed by atoms with Crippen LogP contribution in [0.5, 0.6) is 5.75 Å². The smallest absolute Gasteiger partial charge is 0.335 e. The fourth-order valence-corrected chi connectivity index (χ4v) is 3.00. The lowest BCUT2D eigenvalue weighted by atomic mass is 10.2. The standard InChI is InChI=1S/C18H14N2O4S/c1-24-14-4-2-3-11(9-14)10-15-16(21)20-18(25-15)19-13-7-5-12(6-8-13)17(22)23/h2-10H,1H3,(H,22,23)(H,19,20,21)/b15-10-. The van der Waals surface area contributed by atoms with E-state index in [0.717, 1.165) is 5.56 Å². The molecule has 2 aromatic rings. The molecule has 3 rings (SSSR count). The van der Waals surface area contributed by atoms with Crippen molar-refractivity contribution in [2.45, 2.75) is 0 Å². The normalized spacial score (nSPS) is 16.9. The highest BCUT2D eigenvalue weighted by Crippen LogP contribution is 2.28. The van der Waals surface area contributed by atoms with E-state index in [9.17, 15) is 9.59 Å². The molecule has 0 atom stereocenters. The molecule has 1 aliphatic rings. The number of hydrogen-bond donors (Lipinski definition) is 2. The van der Waals surface area contributed by atoms with Crippen molar-refractivity contribution in [2.24, 2.45) is 4.99 Å². The Labute approximate surface area is 148 Å². The third-order valence-corrected chi connectivity index (χ3v) is 4.30. The predicted molar refractivity (Wildman–Crippen MR) is 97.2 cm³/mol. The molecule has 0 aliphatic carbocycles. The highest BCUT2D eigenvalue weighted by molar-refractivity contribution is 8.18. The van der Waals surface area contributed by atoms with Gasteiger partial charge in [-0.2, -0.15) is 0 Å². The van der Waals surface area contributed by atoms with E-state index in [1.54, 1.807) is 25.3 Å². The van der Waals surface area contributed by atoms with E-state index in [4.69, 9.17) is 9.84 Å². The molecule has 2 aromatic carbocycles. The Morgan fingerprint density at radius 3 is 2.68 bits per heavy atom. The summed E-state index contributed by atoms with van der Waals surface area (Å²) in [5.41, 5.74) is 1.60. The van der Waals surface area contributed by atoms with Crippen LogP contribution in [-0.2, 0) is 4.79 Å². The quantitative estimate of drug-likeness (QED) is 0.823. The van der Waals surface area contributed by atoms with E-state index in [1.165, 1.54) is 23.9 Å². The van der Waals surface area contributed by atoms with Gasteiger partial charge in [-0.15, -0.1) is 0 Å². The Balaban J connectivity index is 1.79. The first kappa shape index (κ1) is 16.8. The number of amidine groups is 1. The lowest BCUT2D eigenvalue weighted by molar-refractivity contribution is -0.115. The monoisotopic (exact) mass is 354 g/mol. The molecule has 0 unspecified atom stereocenters. The molecule has 6 nitrogen and oxygen atoms in total. The molecule has 0 aromatic heterocycles. The van der Waals surface area contributed by atoms with E-state index < -0.39 is 5.97 Å². The van der Waals surface area contributed by atoms with E-state index in [0.29, 0.717) is 21.5 Å². The Bertz CT molecular complexity index is 888. The second-order valence-corrected chi connectivity index (χ2v) is 6.14. The summed E-state index contributed by atoms with van der Waals surface area (Å²) in [7, 11) is 1.59. The minimum atomic E-state index is -0.994. The summed E-state index contributed by atoms with van der Waals surface area (Å²) in [4.78, 5) is 27.8. The molecule has 7 heteroatoms. The molecular formula is C18H14N2O4S. The number of carbonyl (C=O) groups excluding carboxylic acids is 1. The molecule has 1 heterocycles. The molecule has 0 radical (unpaired) electrons. The third-order valence-electron chi connectivity index (χ3n) is 3.39. The van der Waals surface area contributed by atoms with Crippen molar-refractivity contribution in [2.75, 3.05) is 7.11 Å². The van der Waals surface area contributed by atoms with Crippen LogP contribution in [0.1, 0.15) is 15.9 Å². The van der Waals surface area contributed by atoms with E-state index >= 15 is 0 Å². The van der Waals surface area contributed by atoms with Crippen LogP contribution in [0.15, 0.2) is 58.4 Å². The van der Waals surface area contributed by atoms with Gasteiger partial charge in [0.2, 0.25) is 0 Å². The van der Waals surface area contributed by atoms with Crippen molar-refractivity contribution in [3.05, 3.63) is 64.6 Å². The number of thioether (sulfide) groups is 1. The highest BCUT2D eigenvalue weighted by Gasteiger charge is 2.23. The number of ether oxygens (including phenoxy) is 1. The maximum absolute atomic E-state index is 12.1. The maximum Gasteiger partial charge on any atom is 0.335 e. The Morgan fingerprint density at radius 2 is 2.00 bits per heavy atom. The van der Waals surface area contributed by atoms with Crippen molar-refractivity contribution in [3.8, 4) is 5.75 Å². The van der Waals surface area contributed by atoms with E-state index in [1.807, 2.05) is 24.3 Å². The predicted octanol–water partition coefficient (Wildman–Crippen LogP) is 3.29. The van der Waals surface area contributed by atoms with Gasteiger partial charge in [-0.3, -0.25) is 4.79 Å². The Kier molecular flexibility index (Phi) is 4.85. The zero-order chi connectivity index (χ0) is 17.8. The summed E-state index contributed by atoms with van der Waals surface area (Å²) >= 11 is 1.23. The molecule has 0 bridgehead atoms. The van der Waals surface area contributed by atoms with Crippen LogP contribution in [0.25, 0.3) is 6.08 Å². The van der Waals surface area contributed by atoms with Gasteiger partial charge in [-0.05, 0) is 59.8 Å². The molecule has 1 amide bonds. The van der Waals surface area contributed by atoms with Crippen LogP contribution < -0.4 is 10.1 Å². The summed E-state index contributed by atoms with van der Waals surface area (Å²) in [5, 5.41) is 12.0. The van der Waals surface area contributed by atoms with Crippen LogP contribution in [0, 0.1) is 0 Å². The molecule has 1 fully saturated rings. The van der Waals surface area contributed by atoms with Gasteiger partial charge in [0.15, 0.2) is 5.17 Å². The number of carbonyl (C=O) groups is 2. The second kappa shape index (κ2) is 7.23. The van der Waals surface area contributed by atoms with Crippen molar-refractivity contribution in [1.29, 1.82) is 0 Å². The number of carboxylic acids is 1. The van der Waals surface area contributed by atoms with Gasteiger partial charge in [0, 0.05) is 0 Å². The summed E-state index contributed by atoms with van der Waals surface area (Å²) < 4.78 is 5.17. The van der Waals surface area contributed by atoms with Gasteiger partial charge in [0.1, 0.15) is 5.75 Å². The van der Waals surface area contributed by atoms with Crippen LogP contribution in [0.4, 0.5) is 5.69 Å². The average molecular weight is 354 g/mol. The van der Waals surface area contributed by atoms with Crippen LogP contribution >= 0.6 is 11.8 Å². The number of benzene rings is 2. The molecule has 2 N–H and O–H groups in total. The first-order valence-electron chi connectivity index (χ1n) is 7.32. The van der Waals surface area contributed by atoms with Gasteiger partial charge >= 0.3 is 5.97 Å². The SMILES string of the molecule is COc1cccc(/C=C2\SC(=Nc3ccc(C(=O)O)cc3)NC2=O)c1. The summed E-state index contributed by atoms with van der Waals surface area (Å²) in [5.74, 6) is -0.509. The fraction of sp³-hybridized carbons (Fsp3) is 0.0556. The van der Waals surface area contributed by atoms with Crippen molar-refractivity contribution in [3.63, 3.8) is 0 Å². The number of rotatable bonds is 4. The number of carboxylic acid groups (broad SMARTS) is 1. The van der Waals surface area contributed by atoms with Gasteiger partial charge < -0.3 is 15.2 Å². The minimum Gasteiger partial charge on any atom is -0.497 e. The zero-order valence-electron chi connectivity index (χ0n) is 13.2. The van der Waals surface area contributed by atoms with Gasteiger partial charge in [-0.1, -0.05) is 12.1 Å². The largest absolute Gasteiger partial charge is 0.497 e. The van der Waals surface area contributed by atoms with E-state index in [2.05, 4.69) is 10.3 Å². The number of aliphatic imine (C=N–C) groups is 1. The number of hydrogen-bond acceptors (Lipinski definition) is 5. The summed E-state index contributed by atoms with van der Waals surface area (Å²) in [6.07, 6.45) is 1.76. The minimum absolute atomic E-state index is 0.186. The zero-order valence-corrected chi connectivity index (χ0v) is 14.0. The van der Waals surface area contributed by atoms with E-state index in [-0.39, 0.29) is 11.5 Å². The van der Waals surface area contributed by atoms with Crippen LogP contribution in [0.3, 0.4) is 0 Å². The Hall–Kier alpha value is -3.06. The Morgan fingerprint density at radius 1 is 1.24 bits per heavy atom. The van der Waals surface area contributed by atoms with Gasteiger partial charge in [0.05, 0.1) is 23.3 Å². The average Bonchev–Trinajstić information content (AvgIpc) is 2.94.